The highest BCUT2D eigenvalue weighted by atomic mass is 32.2. The van der Waals surface area contributed by atoms with E-state index in [4.69, 9.17) is 0 Å². The summed E-state index contributed by atoms with van der Waals surface area (Å²) in [5, 5.41) is 6.31. The molecular weight excluding hydrogens is 276 g/mol. The van der Waals surface area contributed by atoms with Crippen molar-refractivity contribution in [2.45, 2.75) is 25.5 Å². The second-order valence-electron chi connectivity index (χ2n) is 4.79. The molecular formula is C12H24N6OS. The van der Waals surface area contributed by atoms with Gasteiger partial charge in [-0.3, -0.25) is 4.21 Å². The number of anilines is 3. The van der Waals surface area contributed by atoms with E-state index in [1.807, 2.05) is 25.9 Å². The van der Waals surface area contributed by atoms with E-state index in [9.17, 15) is 4.21 Å². The van der Waals surface area contributed by atoms with E-state index in [0.717, 1.165) is 13.0 Å². The lowest BCUT2D eigenvalue weighted by atomic mass is 10.5. The number of aromatic nitrogens is 3. The van der Waals surface area contributed by atoms with Crippen molar-refractivity contribution in [3.63, 3.8) is 0 Å². The van der Waals surface area contributed by atoms with Gasteiger partial charge < -0.3 is 15.5 Å². The van der Waals surface area contributed by atoms with Gasteiger partial charge in [-0.1, -0.05) is 6.92 Å². The molecule has 0 radical (unpaired) electrons. The average Bonchev–Trinajstić information content (AvgIpc) is 2.42. The summed E-state index contributed by atoms with van der Waals surface area (Å²) >= 11 is 0. The lowest BCUT2D eigenvalue weighted by Crippen LogP contribution is -2.23. The van der Waals surface area contributed by atoms with Gasteiger partial charge in [-0.25, -0.2) is 0 Å². The summed E-state index contributed by atoms with van der Waals surface area (Å²) in [5.41, 5.74) is 0. The van der Waals surface area contributed by atoms with E-state index >= 15 is 0 Å². The summed E-state index contributed by atoms with van der Waals surface area (Å²) < 4.78 is 11.3. The van der Waals surface area contributed by atoms with Crippen LogP contribution in [0, 0.1) is 0 Å². The Kier molecular flexibility index (Phi) is 6.63. The smallest absolute Gasteiger partial charge is 0.231 e. The maximum atomic E-state index is 11.3. The van der Waals surface area contributed by atoms with Crippen LogP contribution in [0.3, 0.4) is 0 Å². The van der Waals surface area contributed by atoms with Gasteiger partial charge in [0.25, 0.3) is 0 Å². The van der Waals surface area contributed by atoms with Crippen molar-refractivity contribution >= 4 is 28.6 Å². The van der Waals surface area contributed by atoms with Gasteiger partial charge in [-0.2, -0.15) is 15.0 Å². The van der Waals surface area contributed by atoms with E-state index in [2.05, 4.69) is 32.5 Å². The topological polar surface area (TPSA) is 83.0 Å². The first-order valence-electron chi connectivity index (χ1n) is 6.67. The first-order valence-corrected chi connectivity index (χ1v) is 8.29. The fourth-order valence-electron chi connectivity index (χ4n) is 1.31. The lowest BCUT2D eigenvalue weighted by molar-refractivity contribution is 0.678. The predicted molar refractivity (Wildman–Crippen MR) is 85.0 cm³/mol. The minimum absolute atomic E-state index is 0.0432. The normalized spacial score (nSPS) is 13.7. The van der Waals surface area contributed by atoms with Gasteiger partial charge in [-0.05, 0) is 13.3 Å². The largest absolute Gasteiger partial charge is 0.354 e. The monoisotopic (exact) mass is 300 g/mol. The second kappa shape index (κ2) is 7.98. The maximum absolute atomic E-state index is 11.3. The highest BCUT2D eigenvalue weighted by Crippen LogP contribution is 2.11. The van der Waals surface area contributed by atoms with Crippen LogP contribution in [0.2, 0.25) is 0 Å². The molecule has 0 aliphatic heterocycles. The molecule has 2 atom stereocenters. The second-order valence-corrected chi connectivity index (χ2v) is 6.60. The fraction of sp³-hybridized carbons (Fsp3) is 0.750. The molecule has 2 unspecified atom stereocenters. The van der Waals surface area contributed by atoms with Crippen LogP contribution in [-0.2, 0) is 10.8 Å². The lowest BCUT2D eigenvalue weighted by Gasteiger charge is -2.15. The van der Waals surface area contributed by atoms with Crippen molar-refractivity contribution in [3.8, 4) is 0 Å². The Morgan fingerprint density at radius 3 is 2.30 bits per heavy atom. The predicted octanol–water partition coefficient (Wildman–Crippen LogP) is 0.938. The summed E-state index contributed by atoms with van der Waals surface area (Å²) in [6.45, 7) is 5.38. The van der Waals surface area contributed by atoms with Crippen molar-refractivity contribution in [2.24, 2.45) is 0 Å². The van der Waals surface area contributed by atoms with Gasteiger partial charge in [0, 0.05) is 49.5 Å². The van der Waals surface area contributed by atoms with Crippen LogP contribution in [0.4, 0.5) is 17.8 Å². The van der Waals surface area contributed by atoms with Crippen LogP contribution >= 0.6 is 0 Å². The Bertz CT molecular complexity index is 454. The minimum atomic E-state index is -0.868. The highest BCUT2D eigenvalue weighted by molar-refractivity contribution is 7.84. The average molecular weight is 300 g/mol. The molecule has 1 rings (SSSR count). The van der Waals surface area contributed by atoms with Crippen molar-refractivity contribution < 1.29 is 4.21 Å². The Morgan fingerprint density at radius 2 is 1.80 bits per heavy atom. The number of hydrogen-bond donors (Lipinski definition) is 2. The van der Waals surface area contributed by atoms with Gasteiger partial charge >= 0.3 is 0 Å². The molecule has 0 saturated heterocycles. The van der Waals surface area contributed by atoms with Gasteiger partial charge in [0.15, 0.2) is 0 Å². The molecule has 0 aliphatic carbocycles. The number of nitrogens with one attached hydrogen (secondary N) is 2. The number of rotatable bonds is 8. The van der Waals surface area contributed by atoms with Gasteiger partial charge in [0.05, 0.1) is 0 Å². The molecule has 7 nitrogen and oxygen atoms in total. The van der Waals surface area contributed by atoms with Crippen molar-refractivity contribution in [1.29, 1.82) is 0 Å². The van der Waals surface area contributed by atoms with Crippen molar-refractivity contribution in [1.82, 2.24) is 15.0 Å². The van der Waals surface area contributed by atoms with Crippen LogP contribution in [0.5, 0.6) is 0 Å². The molecule has 0 bridgehead atoms. The molecule has 1 aromatic heterocycles. The number of nitrogens with zero attached hydrogens (tertiary/aromatic N) is 4. The molecule has 0 fully saturated rings. The molecule has 1 aromatic rings. The molecule has 114 valence electrons. The minimum Gasteiger partial charge on any atom is -0.354 e. The SMILES string of the molecule is CCCNc1nc(NCC(C)S(C)=O)nc(N(C)C)n1. The van der Waals surface area contributed by atoms with Crippen LogP contribution in [-0.4, -0.2) is 57.9 Å². The molecule has 8 heteroatoms. The zero-order chi connectivity index (χ0) is 15.1. The van der Waals surface area contributed by atoms with E-state index in [-0.39, 0.29) is 5.25 Å². The van der Waals surface area contributed by atoms with Gasteiger partial charge in [0.1, 0.15) is 0 Å². The third-order valence-corrected chi connectivity index (χ3v) is 3.97. The molecule has 1 heterocycles. The maximum Gasteiger partial charge on any atom is 0.231 e. The molecule has 0 aliphatic rings. The van der Waals surface area contributed by atoms with Crippen molar-refractivity contribution in [2.75, 3.05) is 49.0 Å². The van der Waals surface area contributed by atoms with Crippen LogP contribution in [0.25, 0.3) is 0 Å². The Morgan fingerprint density at radius 1 is 1.20 bits per heavy atom. The van der Waals surface area contributed by atoms with E-state index < -0.39 is 10.8 Å². The van der Waals surface area contributed by atoms with Crippen molar-refractivity contribution in [3.05, 3.63) is 0 Å². The van der Waals surface area contributed by atoms with Crippen LogP contribution in [0.1, 0.15) is 20.3 Å². The zero-order valence-electron chi connectivity index (χ0n) is 12.8. The van der Waals surface area contributed by atoms with E-state index in [1.165, 1.54) is 0 Å². The first kappa shape index (κ1) is 16.6. The summed E-state index contributed by atoms with van der Waals surface area (Å²) in [6.07, 6.45) is 2.69. The summed E-state index contributed by atoms with van der Waals surface area (Å²) in [5.74, 6) is 1.64. The molecule has 0 saturated carbocycles. The molecule has 0 amide bonds. The molecule has 0 aromatic carbocycles. The van der Waals surface area contributed by atoms with E-state index in [0.29, 0.717) is 24.4 Å². The third kappa shape index (κ3) is 5.28. The Labute approximate surface area is 123 Å². The quantitative estimate of drug-likeness (QED) is 0.739. The third-order valence-electron chi connectivity index (χ3n) is 2.67. The Hall–Kier alpha value is -1.44. The van der Waals surface area contributed by atoms with Gasteiger partial charge in [0.2, 0.25) is 17.8 Å². The molecule has 2 N–H and O–H groups in total. The van der Waals surface area contributed by atoms with Gasteiger partial charge in [-0.15, -0.1) is 0 Å². The summed E-state index contributed by atoms with van der Waals surface area (Å²) in [6, 6.07) is 0. The van der Waals surface area contributed by atoms with Crippen LogP contribution in [0.15, 0.2) is 0 Å². The summed E-state index contributed by atoms with van der Waals surface area (Å²) in [7, 11) is 2.89. The zero-order valence-corrected chi connectivity index (χ0v) is 13.6. The van der Waals surface area contributed by atoms with E-state index in [1.54, 1.807) is 6.26 Å². The molecule has 20 heavy (non-hydrogen) atoms. The standard InChI is InChI=1S/C12H24N6OS/c1-6-7-13-10-15-11(14-8-9(2)20(5)19)17-12(16-10)18(3)4/h9H,6-8H2,1-5H3,(H2,13,14,15,16,17). The Balaban J connectivity index is 2.82. The summed E-state index contributed by atoms with van der Waals surface area (Å²) in [4.78, 5) is 14.8. The first-order chi connectivity index (χ1) is 9.43. The van der Waals surface area contributed by atoms with Crippen LogP contribution < -0.4 is 15.5 Å². The highest BCUT2D eigenvalue weighted by Gasteiger charge is 2.10. The fourth-order valence-corrected chi connectivity index (χ4v) is 1.63. The number of hydrogen-bond acceptors (Lipinski definition) is 7. The molecule has 0 spiro atoms.